The van der Waals surface area contributed by atoms with Crippen LogP contribution in [0.3, 0.4) is 0 Å². The first-order valence-corrected chi connectivity index (χ1v) is 9.94. The highest BCUT2D eigenvalue weighted by Gasteiger charge is 2.61. The minimum Gasteiger partial charge on any atom is -0.456 e. The summed E-state index contributed by atoms with van der Waals surface area (Å²) < 4.78 is 49.8. The zero-order chi connectivity index (χ0) is 23.9. The molecule has 0 fully saturated rings. The smallest absolute Gasteiger partial charge is 0.456 e. The van der Waals surface area contributed by atoms with Gasteiger partial charge in [0, 0.05) is 28.6 Å². The molecule has 4 heterocycles. The quantitative estimate of drug-likeness (QED) is 0.634. The van der Waals surface area contributed by atoms with Crippen LogP contribution in [0.25, 0.3) is 0 Å². The number of hydrogen-bond donors (Lipinski definition) is 2. The third-order valence-corrected chi connectivity index (χ3v) is 5.94. The van der Waals surface area contributed by atoms with E-state index in [1.165, 1.54) is 6.07 Å². The number of anilines is 2. The number of amides is 1. The number of alkyl halides is 3. The summed E-state index contributed by atoms with van der Waals surface area (Å²) in [6.07, 6.45) is -3.39. The first-order chi connectivity index (χ1) is 15.4. The zero-order valence-corrected chi connectivity index (χ0v) is 17.7. The molecule has 5 rings (SSSR count). The lowest BCUT2D eigenvalue weighted by atomic mass is 9.67. The molecule has 1 aromatic carbocycles. The molecule has 0 radical (unpaired) electrons. The third kappa shape index (κ3) is 2.76. The second kappa shape index (κ2) is 6.31. The topological polar surface area (TPSA) is 105 Å². The van der Waals surface area contributed by atoms with Crippen molar-refractivity contribution in [3.8, 4) is 11.8 Å². The number of cyclic esters (lactones) is 1. The molecule has 3 aliphatic heterocycles. The molecule has 33 heavy (non-hydrogen) atoms. The highest BCUT2D eigenvalue weighted by Crippen LogP contribution is 2.57. The van der Waals surface area contributed by atoms with Gasteiger partial charge in [-0.1, -0.05) is 0 Å². The highest BCUT2D eigenvalue weighted by molar-refractivity contribution is 6.19. The fourth-order valence-corrected chi connectivity index (χ4v) is 4.75. The van der Waals surface area contributed by atoms with Gasteiger partial charge in [0.2, 0.25) is 5.91 Å². The van der Waals surface area contributed by atoms with Crippen LogP contribution in [0.15, 0.2) is 35.7 Å². The molecule has 0 saturated heterocycles. The predicted molar refractivity (Wildman–Crippen MR) is 108 cm³/mol. The Labute approximate surface area is 185 Å². The number of nitrogens with one attached hydrogen (secondary N) is 2. The van der Waals surface area contributed by atoms with Crippen LogP contribution < -0.4 is 15.4 Å². The van der Waals surface area contributed by atoms with Crippen LogP contribution in [0.5, 0.6) is 5.75 Å². The lowest BCUT2D eigenvalue weighted by Gasteiger charge is -2.35. The molecule has 1 spiro atoms. The number of halogens is 3. The first kappa shape index (κ1) is 20.9. The van der Waals surface area contributed by atoms with Crippen molar-refractivity contribution >= 4 is 23.4 Å². The number of carbonyl (C=O) groups excluding carboxylic acids is 2. The molecule has 2 aromatic rings. The lowest BCUT2D eigenvalue weighted by Crippen LogP contribution is -2.44. The monoisotopic (exact) mass is 458 g/mol. The number of rotatable bonds is 1. The Bertz CT molecular complexity index is 1330. The number of fused-ring (bicyclic) bond motifs is 5. The molecule has 3 aliphatic rings. The van der Waals surface area contributed by atoms with Crippen LogP contribution in [0.1, 0.15) is 37.5 Å². The molecule has 1 aromatic heterocycles. The van der Waals surface area contributed by atoms with Gasteiger partial charge in [-0.15, -0.1) is 13.2 Å². The van der Waals surface area contributed by atoms with E-state index in [-0.39, 0.29) is 34.6 Å². The van der Waals surface area contributed by atoms with E-state index in [1.807, 2.05) is 20.8 Å². The van der Waals surface area contributed by atoms with Crippen LogP contribution >= 0.6 is 0 Å². The van der Waals surface area contributed by atoms with Gasteiger partial charge >= 0.3 is 12.3 Å². The van der Waals surface area contributed by atoms with Gasteiger partial charge in [-0.25, -0.2) is 4.79 Å². The molecular formula is C22H17F3N4O4. The Hall–Kier alpha value is -3.94. The van der Waals surface area contributed by atoms with Gasteiger partial charge in [0.25, 0.3) is 0 Å². The second-order valence-electron chi connectivity index (χ2n) is 8.93. The summed E-state index contributed by atoms with van der Waals surface area (Å²) in [6.45, 7) is 5.52. The number of hydrogen-bond acceptors (Lipinski definition) is 6. The number of nitriles is 1. The van der Waals surface area contributed by atoms with Crippen molar-refractivity contribution in [2.45, 2.75) is 38.1 Å². The van der Waals surface area contributed by atoms with E-state index in [0.717, 1.165) is 12.1 Å². The fourth-order valence-electron chi connectivity index (χ4n) is 4.75. The van der Waals surface area contributed by atoms with Crippen LogP contribution in [0.4, 0.5) is 24.7 Å². The van der Waals surface area contributed by atoms with Gasteiger partial charge in [0.05, 0.1) is 16.8 Å². The second-order valence-corrected chi connectivity index (χ2v) is 8.93. The largest absolute Gasteiger partial charge is 0.573 e. The molecule has 1 atom stereocenters. The molecule has 8 nitrogen and oxygen atoms in total. The van der Waals surface area contributed by atoms with Gasteiger partial charge in [-0.3, -0.25) is 4.79 Å². The molecule has 0 aliphatic carbocycles. The van der Waals surface area contributed by atoms with Crippen LogP contribution in [-0.2, 0) is 25.3 Å². The molecular weight excluding hydrogens is 441 g/mol. The number of carbonyl (C=O) groups is 2. The van der Waals surface area contributed by atoms with Gasteiger partial charge in [0.15, 0.2) is 0 Å². The maximum Gasteiger partial charge on any atom is 0.573 e. The lowest BCUT2D eigenvalue weighted by molar-refractivity contribution is -0.274. The summed E-state index contributed by atoms with van der Waals surface area (Å²) in [5.41, 5.74) is -1.60. The van der Waals surface area contributed by atoms with Crippen molar-refractivity contribution in [2.75, 3.05) is 17.2 Å². The van der Waals surface area contributed by atoms with E-state index in [9.17, 15) is 28.0 Å². The van der Waals surface area contributed by atoms with Crippen molar-refractivity contribution < 1.29 is 32.2 Å². The molecule has 11 heteroatoms. The summed E-state index contributed by atoms with van der Waals surface area (Å²) in [5, 5.41) is 15.7. The number of nitrogens with zero attached hydrogens (tertiary/aromatic N) is 2. The van der Waals surface area contributed by atoms with E-state index in [1.54, 1.807) is 10.8 Å². The molecule has 2 N–H and O–H groups in total. The van der Waals surface area contributed by atoms with Gasteiger partial charge in [-0.2, -0.15) is 5.26 Å². The highest BCUT2D eigenvalue weighted by atomic mass is 19.4. The Morgan fingerprint density at radius 1 is 1.21 bits per heavy atom. The molecule has 0 unspecified atom stereocenters. The van der Waals surface area contributed by atoms with Crippen LogP contribution in [-0.4, -0.2) is 29.4 Å². The first-order valence-electron chi connectivity index (χ1n) is 9.94. The number of aromatic nitrogens is 1. The third-order valence-electron chi connectivity index (χ3n) is 5.94. The van der Waals surface area contributed by atoms with Crippen molar-refractivity contribution in [1.82, 2.24) is 4.57 Å². The van der Waals surface area contributed by atoms with E-state index < -0.39 is 34.9 Å². The SMILES string of the molecule is CC(C)(C)n1cc(C#N)c2c1NC1=C(C(=O)OC1)[C@@]21C(=O)Nc2ccc(OC(F)(F)F)cc21. The Kier molecular flexibility index (Phi) is 4.00. The van der Waals surface area contributed by atoms with Crippen LogP contribution in [0.2, 0.25) is 0 Å². The average Bonchev–Trinajstić information content (AvgIpc) is 3.34. The molecule has 0 saturated carbocycles. The van der Waals surface area contributed by atoms with E-state index in [2.05, 4.69) is 21.4 Å². The average molecular weight is 458 g/mol. The van der Waals surface area contributed by atoms with Crippen molar-refractivity contribution in [1.29, 1.82) is 5.26 Å². The normalized spacial score (nSPS) is 21.1. The molecule has 0 bridgehead atoms. The zero-order valence-electron chi connectivity index (χ0n) is 17.7. The Morgan fingerprint density at radius 2 is 1.94 bits per heavy atom. The summed E-state index contributed by atoms with van der Waals surface area (Å²) >= 11 is 0. The summed E-state index contributed by atoms with van der Waals surface area (Å²) in [6, 6.07) is 5.49. The summed E-state index contributed by atoms with van der Waals surface area (Å²) in [5.74, 6) is -1.62. The van der Waals surface area contributed by atoms with Gasteiger partial charge in [0.1, 0.15) is 29.7 Å². The van der Waals surface area contributed by atoms with E-state index in [0.29, 0.717) is 11.5 Å². The van der Waals surface area contributed by atoms with Gasteiger partial charge in [-0.05, 0) is 39.0 Å². The van der Waals surface area contributed by atoms with Gasteiger partial charge < -0.3 is 24.7 Å². The number of benzene rings is 1. The van der Waals surface area contributed by atoms with Crippen molar-refractivity contribution in [3.05, 3.63) is 52.4 Å². The van der Waals surface area contributed by atoms with E-state index in [4.69, 9.17) is 4.74 Å². The van der Waals surface area contributed by atoms with Crippen LogP contribution in [0, 0.1) is 11.3 Å². The maximum absolute atomic E-state index is 13.6. The summed E-state index contributed by atoms with van der Waals surface area (Å²) in [7, 11) is 0. The number of esters is 1. The summed E-state index contributed by atoms with van der Waals surface area (Å²) in [4.78, 5) is 26.5. The number of ether oxygens (including phenoxy) is 2. The van der Waals surface area contributed by atoms with Crippen molar-refractivity contribution in [2.24, 2.45) is 0 Å². The minimum absolute atomic E-state index is 0.0569. The Balaban J connectivity index is 1.88. The standard InChI is InChI=1S/C22H17F3N4O4/c1-20(2,3)29-8-10(7-26)15-17(29)27-14-9-32-18(30)16(14)21(15)12-6-11(33-22(23,24)25)4-5-13(12)28-19(21)31/h4-6,8,27H,9H2,1-3H3,(H,28,31)/t21-/m0/s1. The van der Waals surface area contributed by atoms with E-state index >= 15 is 0 Å². The Morgan fingerprint density at radius 3 is 2.58 bits per heavy atom. The predicted octanol–water partition coefficient (Wildman–Crippen LogP) is 3.49. The molecule has 1 amide bonds. The minimum atomic E-state index is -4.96. The maximum atomic E-state index is 13.6. The molecule has 170 valence electrons. The van der Waals surface area contributed by atoms with Crippen molar-refractivity contribution in [3.63, 3.8) is 0 Å². The fraction of sp³-hybridized carbons (Fsp3) is 0.318.